The van der Waals surface area contributed by atoms with Crippen molar-refractivity contribution in [2.45, 2.75) is 92.9 Å². The number of nitrogens with zero attached hydrogens (tertiary/aromatic N) is 2. The van der Waals surface area contributed by atoms with Crippen LogP contribution in [-0.4, -0.2) is 62.5 Å². The van der Waals surface area contributed by atoms with Crippen LogP contribution in [0.25, 0.3) is 0 Å². The number of hydrogen-bond donors (Lipinski definition) is 0. The summed E-state index contributed by atoms with van der Waals surface area (Å²) in [4.78, 5) is 11.3. The van der Waals surface area contributed by atoms with E-state index >= 15 is 0 Å². The van der Waals surface area contributed by atoms with Gasteiger partial charge >= 0.3 is 0 Å². The number of hydrogen-bond acceptors (Lipinski definition) is 6. The van der Waals surface area contributed by atoms with E-state index in [9.17, 15) is 4.79 Å². The Morgan fingerprint density at radius 1 is 0.846 bits per heavy atom. The van der Waals surface area contributed by atoms with E-state index in [1.54, 1.807) is 0 Å². The van der Waals surface area contributed by atoms with Crippen LogP contribution in [0, 0.1) is 0 Å². The average molecular weight is 425 g/mol. The Bertz CT molecular complexity index is 347. The molecule has 4 nitrogen and oxygen atoms in total. The molecular formula is C19H41N2O2PS2. The Hall–Kier alpha value is 0.680. The van der Waals surface area contributed by atoms with Crippen LogP contribution in [0.5, 0.6) is 0 Å². The SMILES string of the molecule is CCC(=O)SCCSCCOP(N(C(C)C)C(C)C)N(C(C)C)C(C)C. The summed E-state index contributed by atoms with van der Waals surface area (Å²) in [5.74, 6) is 2.89. The normalized spacial score (nSPS) is 12.8. The third-order valence-electron chi connectivity index (χ3n) is 3.73. The Balaban J connectivity index is 4.70. The van der Waals surface area contributed by atoms with Gasteiger partial charge in [0.15, 0.2) is 13.6 Å². The van der Waals surface area contributed by atoms with Crippen LogP contribution >= 0.6 is 32.0 Å². The van der Waals surface area contributed by atoms with Gasteiger partial charge in [-0.15, -0.1) is 0 Å². The fourth-order valence-corrected chi connectivity index (χ4v) is 6.94. The Labute approximate surface area is 172 Å². The summed E-state index contributed by atoms with van der Waals surface area (Å²) >= 11 is 3.33. The minimum atomic E-state index is -0.789. The smallest absolute Gasteiger partial charge is 0.188 e. The molecule has 0 aromatic heterocycles. The summed E-state index contributed by atoms with van der Waals surface area (Å²) in [6, 6.07) is 1.80. The highest BCUT2D eigenvalue weighted by molar-refractivity contribution is 8.14. The van der Waals surface area contributed by atoms with Crippen molar-refractivity contribution in [2.75, 3.05) is 23.9 Å². The van der Waals surface area contributed by atoms with Gasteiger partial charge in [-0.1, -0.05) is 18.7 Å². The van der Waals surface area contributed by atoms with E-state index in [1.807, 2.05) is 18.7 Å². The van der Waals surface area contributed by atoms with Crippen LogP contribution < -0.4 is 0 Å². The van der Waals surface area contributed by atoms with E-state index in [-0.39, 0.29) is 0 Å². The molecule has 0 saturated carbocycles. The van der Waals surface area contributed by atoms with Gasteiger partial charge in [0.25, 0.3) is 0 Å². The molecule has 0 aromatic carbocycles. The summed E-state index contributed by atoms with van der Waals surface area (Å²) in [5, 5.41) is 0.291. The summed E-state index contributed by atoms with van der Waals surface area (Å²) < 4.78 is 11.5. The van der Waals surface area contributed by atoms with Crippen molar-refractivity contribution < 1.29 is 9.32 Å². The quantitative estimate of drug-likeness (QED) is 0.256. The predicted octanol–water partition coefficient (Wildman–Crippen LogP) is 5.87. The van der Waals surface area contributed by atoms with Crippen molar-refractivity contribution in [1.82, 2.24) is 9.34 Å². The second-order valence-corrected chi connectivity index (χ2v) is 11.5. The van der Waals surface area contributed by atoms with Crippen molar-refractivity contribution in [3.05, 3.63) is 0 Å². The summed E-state index contributed by atoms with van der Waals surface area (Å²) in [5.41, 5.74) is 0. The maximum Gasteiger partial charge on any atom is 0.188 e. The molecule has 0 unspecified atom stereocenters. The molecule has 0 amide bonds. The van der Waals surface area contributed by atoms with Gasteiger partial charge in [-0.3, -0.25) is 4.79 Å². The molecule has 0 spiro atoms. The molecule has 0 aliphatic heterocycles. The fourth-order valence-electron chi connectivity index (χ4n) is 2.83. The van der Waals surface area contributed by atoms with E-state index in [0.29, 0.717) is 35.7 Å². The Morgan fingerprint density at radius 3 is 1.69 bits per heavy atom. The zero-order chi connectivity index (χ0) is 20.3. The first kappa shape index (κ1) is 26.7. The zero-order valence-electron chi connectivity index (χ0n) is 18.3. The van der Waals surface area contributed by atoms with Crippen LogP contribution in [-0.2, 0) is 9.32 Å². The van der Waals surface area contributed by atoms with Gasteiger partial charge in [-0.05, 0) is 55.4 Å². The zero-order valence-corrected chi connectivity index (χ0v) is 20.8. The summed E-state index contributed by atoms with van der Waals surface area (Å²) in [6.07, 6.45) is 0.628. The van der Waals surface area contributed by atoms with E-state index < -0.39 is 8.45 Å². The number of thioether (sulfide) groups is 2. The van der Waals surface area contributed by atoms with Gasteiger partial charge in [0.2, 0.25) is 0 Å². The van der Waals surface area contributed by atoms with Gasteiger partial charge in [0.1, 0.15) is 0 Å². The van der Waals surface area contributed by atoms with Crippen molar-refractivity contribution in [1.29, 1.82) is 0 Å². The molecule has 0 aliphatic rings. The second kappa shape index (κ2) is 14.6. The second-order valence-electron chi connectivity index (χ2n) is 7.41. The molecule has 156 valence electrons. The molecule has 0 fully saturated rings. The molecule has 0 saturated heterocycles. The minimum absolute atomic E-state index is 0.291. The predicted molar refractivity (Wildman–Crippen MR) is 122 cm³/mol. The third-order valence-corrected chi connectivity index (χ3v) is 9.00. The average Bonchev–Trinajstić information content (AvgIpc) is 2.51. The molecule has 0 heterocycles. The van der Waals surface area contributed by atoms with Gasteiger partial charge in [-0.2, -0.15) is 11.8 Å². The molecule has 7 heteroatoms. The maximum atomic E-state index is 11.3. The van der Waals surface area contributed by atoms with Gasteiger partial charge in [0.05, 0.1) is 6.61 Å². The lowest BCUT2D eigenvalue weighted by molar-refractivity contribution is -0.110. The van der Waals surface area contributed by atoms with E-state index in [4.69, 9.17) is 4.52 Å². The van der Waals surface area contributed by atoms with Crippen LogP contribution in [0.15, 0.2) is 0 Å². The molecular weight excluding hydrogens is 383 g/mol. The molecule has 0 atom stereocenters. The van der Waals surface area contributed by atoms with E-state index in [0.717, 1.165) is 23.9 Å². The number of carbonyl (C=O) groups is 1. The Morgan fingerprint density at radius 2 is 1.31 bits per heavy atom. The summed E-state index contributed by atoms with van der Waals surface area (Å²) in [7, 11) is -0.789. The highest BCUT2D eigenvalue weighted by Gasteiger charge is 2.34. The molecule has 0 aliphatic carbocycles. The topological polar surface area (TPSA) is 32.8 Å². The standard InChI is InChI=1S/C19H41N2O2PS2/c1-10-19(22)26-14-13-25-12-11-23-24(20(15(2)3)16(4)5)21(17(6)7)18(8)9/h15-18H,10-14H2,1-9H3. The molecule has 26 heavy (non-hydrogen) atoms. The maximum absolute atomic E-state index is 11.3. The lowest BCUT2D eigenvalue weighted by Crippen LogP contribution is -2.43. The van der Waals surface area contributed by atoms with Crippen molar-refractivity contribution >= 4 is 37.1 Å². The van der Waals surface area contributed by atoms with E-state index in [2.05, 4.69) is 64.7 Å². The first-order valence-electron chi connectivity index (χ1n) is 9.86. The van der Waals surface area contributed by atoms with Crippen LogP contribution in [0.4, 0.5) is 0 Å². The van der Waals surface area contributed by atoms with Crippen molar-refractivity contribution in [3.8, 4) is 0 Å². The van der Waals surface area contributed by atoms with Gasteiger partial charge in [-0.25, -0.2) is 9.34 Å². The van der Waals surface area contributed by atoms with Gasteiger partial charge in [0, 0.05) is 47.8 Å². The first-order chi connectivity index (χ1) is 12.1. The monoisotopic (exact) mass is 424 g/mol. The van der Waals surface area contributed by atoms with E-state index in [1.165, 1.54) is 11.8 Å². The van der Waals surface area contributed by atoms with Gasteiger partial charge < -0.3 is 4.52 Å². The van der Waals surface area contributed by atoms with Crippen molar-refractivity contribution in [2.24, 2.45) is 0 Å². The lowest BCUT2D eigenvalue weighted by atomic mass is 10.3. The first-order valence-corrected chi connectivity index (χ1v) is 13.2. The highest BCUT2D eigenvalue weighted by atomic mass is 32.2. The van der Waals surface area contributed by atoms with Crippen LogP contribution in [0.2, 0.25) is 0 Å². The number of carbonyl (C=O) groups excluding carboxylic acids is 1. The highest BCUT2D eigenvalue weighted by Crippen LogP contribution is 2.50. The molecule has 0 N–H and O–H groups in total. The molecule has 0 rings (SSSR count). The Kier molecular flexibility index (Phi) is 15.0. The molecule has 0 bridgehead atoms. The molecule has 0 radical (unpaired) electrons. The fraction of sp³-hybridized carbons (Fsp3) is 0.947. The third kappa shape index (κ3) is 10.3. The van der Waals surface area contributed by atoms with Crippen LogP contribution in [0.3, 0.4) is 0 Å². The molecule has 0 aromatic rings. The van der Waals surface area contributed by atoms with Crippen LogP contribution in [0.1, 0.15) is 68.7 Å². The minimum Gasteiger partial charge on any atom is -0.330 e. The summed E-state index contributed by atoms with van der Waals surface area (Å²) in [6.45, 7) is 20.7. The van der Waals surface area contributed by atoms with Crippen molar-refractivity contribution in [3.63, 3.8) is 0 Å². The largest absolute Gasteiger partial charge is 0.330 e. The number of rotatable bonds is 14. The lowest BCUT2D eigenvalue weighted by Gasteiger charge is -2.45.